The molecular formula is C17H22N8OS. The van der Waals surface area contributed by atoms with Crippen LogP contribution in [-0.4, -0.2) is 48.8 Å². The number of fused-ring (bicyclic) bond motifs is 1. The van der Waals surface area contributed by atoms with Gasteiger partial charge in [-0.25, -0.2) is 4.98 Å². The average Bonchev–Trinajstić information content (AvgIpc) is 3.29. The van der Waals surface area contributed by atoms with Crippen molar-refractivity contribution in [3.8, 4) is 0 Å². The van der Waals surface area contributed by atoms with Gasteiger partial charge in [-0.3, -0.25) is 4.79 Å². The third-order valence-corrected chi connectivity index (χ3v) is 5.66. The summed E-state index contributed by atoms with van der Waals surface area (Å²) in [5.74, 6) is 1.48. The molecule has 9 nitrogen and oxygen atoms in total. The molecule has 1 unspecified atom stereocenters. The summed E-state index contributed by atoms with van der Waals surface area (Å²) in [5.41, 5.74) is 2.11. The molecule has 1 N–H and O–H groups in total. The summed E-state index contributed by atoms with van der Waals surface area (Å²) in [6.45, 7) is 7.50. The standard InChI is InChI=1S/C17H22N8OS/c1-4-13-10(2)20-16-18-9-19-25(16)15(13)24-7-5-6-12(8-24)14(26)21-17-23-22-11(3)27-17/h9,12H,4-8H2,1-3H3,(H,21,23,26). The van der Waals surface area contributed by atoms with Crippen LogP contribution in [0.15, 0.2) is 6.33 Å². The maximum atomic E-state index is 12.7. The van der Waals surface area contributed by atoms with Gasteiger partial charge >= 0.3 is 0 Å². The van der Waals surface area contributed by atoms with Crippen LogP contribution in [0.4, 0.5) is 10.9 Å². The molecule has 10 heteroatoms. The lowest BCUT2D eigenvalue weighted by Gasteiger charge is -2.34. The van der Waals surface area contributed by atoms with E-state index in [0.717, 1.165) is 47.9 Å². The number of aromatic nitrogens is 6. The molecule has 1 atom stereocenters. The number of rotatable bonds is 4. The summed E-state index contributed by atoms with van der Waals surface area (Å²) >= 11 is 1.39. The molecule has 27 heavy (non-hydrogen) atoms. The van der Waals surface area contributed by atoms with E-state index in [0.29, 0.717) is 17.5 Å². The number of hydrogen-bond acceptors (Lipinski definition) is 8. The smallest absolute Gasteiger partial charge is 0.254 e. The number of aryl methyl sites for hydroxylation is 2. The maximum absolute atomic E-state index is 12.7. The van der Waals surface area contributed by atoms with Crippen molar-refractivity contribution in [3.63, 3.8) is 0 Å². The highest BCUT2D eigenvalue weighted by molar-refractivity contribution is 7.15. The number of piperidine rings is 1. The average molecular weight is 386 g/mol. The molecule has 1 fully saturated rings. The van der Waals surface area contributed by atoms with Gasteiger partial charge in [-0.15, -0.1) is 10.2 Å². The lowest BCUT2D eigenvalue weighted by atomic mass is 9.96. The number of hydrogen-bond donors (Lipinski definition) is 1. The van der Waals surface area contributed by atoms with Gasteiger partial charge in [-0.05, 0) is 33.1 Å². The minimum Gasteiger partial charge on any atom is -0.355 e. The normalized spacial score (nSPS) is 17.4. The van der Waals surface area contributed by atoms with E-state index >= 15 is 0 Å². The highest BCUT2D eigenvalue weighted by Gasteiger charge is 2.29. The van der Waals surface area contributed by atoms with E-state index in [4.69, 9.17) is 0 Å². The molecule has 4 heterocycles. The quantitative estimate of drug-likeness (QED) is 0.732. The van der Waals surface area contributed by atoms with Gasteiger partial charge in [0.05, 0.1) is 5.92 Å². The van der Waals surface area contributed by atoms with E-state index in [2.05, 4.69) is 42.4 Å². The van der Waals surface area contributed by atoms with Gasteiger partial charge in [0.1, 0.15) is 17.2 Å². The molecule has 1 saturated heterocycles. The fourth-order valence-corrected chi connectivity index (χ4v) is 4.24. The third-order valence-electron chi connectivity index (χ3n) is 4.91. The molecule has 3 aromatic rings. The van der Waals surface area contributed by atoms with E-state index < -0.39 is 0 Å². The van der Waals surface area contributed by atoms with Crippen LogP contribution in [-0.2, 0) is 11.2 Å². The van der Waals surface area contributed by atoms with Crippen LogP contribution in [0.3, 0.4) is 0 Å². The van der Waals surface area contributed by atoms with Crippen LogP contribution in [0.1, 0.15) is 36.0 Å². The molecule has 0 aromatic carbocycles. The first-order valence-electron chi connectivity index (χ1n) is 9.12. The number of nitrogens with zero attached hydrogens (tertiary/aromatic N) is 7. The monoisotopic (exact) mass is 386 g/mol. The molecule has 1 aliphatic heterocycles. The van der Waals surface area contributed by atoms with Crippen molar-refractivity contribution in [2.75, 3.05) is 23.3 Å². The largest absolute Gasteiger partial charge is 0.355 e. The molecule has 0 aliphatic carbocycles. The van der Waals surface area contributed by atoms with E-state index in [-0.39, 0.29) is 11.8 Å². The van der Waals surface area contributed by atoms with Crippen LogP contribution in [0, 0.1) is 19.8 Å². The molecule has 0 bridgehead atoms. The van der Waals surface area contributed by atoms with E-state index in [1.165, 1.54) is 17.7 Å². The van der Waals surface area contributed by atoms with Gasteiger partial charge in [-0.2, -0.15) is 14.6 Å². The second-order valence-electron chi connectivity index (χ2n) is 6.73. The van der Waals surface area contributed by atoms with Gasteiger partial charge < -0.3 is 10.2 Å². The Labute approximate surface area is 160 Å². The number of nitrogens with one attached hydrogen (secondary N) is 1. The Balaban J connectivity index is 1.61. The number of carbonyl (C=O) groups is 1. The fourth-order valence-electron chi connectivity index (χ4n) is 3.65. The van der Waals surface area contributed by atoms with Crippen molar-refractivity contribution in [1.29, 1.82) is 0 Å². The molecule has 0 radical (unpaired) electrons. The molecule has 4 rings (SSSR count). The second-order valence-corrected chi connectivity index (χ2v) is 7.91. The number of carbonyl (C=O) groups excluding carboxylic acids is 1. The van der Waals surface area contributed by atoms with Crippen molar-refractivity contribution in [3.05, 3.63) is 22.6 Å². The van der Waals surface area contributed by atoms with Gasteiger partial charge in [0.2, 0.25) is 11.0 Å². The second kappa shape index (κ2) is 7.18. The predicted octanol–water partition coefficient (Wildman–Crippen LogP) is 2.01. The Bertz CT molecular complexity index is 981. The highest BCUT2D eigenvalue weighted by atomic mass is 32.1. The van der Waals surface area contributed by atoms with Crippen LogP contribution in [0.25, 0.3) is 5.78 Å². The van der Waals surface area contributed by atoms with Crippen molar-refractivity contribution in [2.24, 2.45) is 5.92 Å². The van der Waals surface area contributed by atoms with Crippen molar-refractivity contribution in [1.82, 2.24) is 29.8 Å². The summed E-state index contributed by atoms with van der Waals surface area (Å²) in [6.07, 6.45) is 4.16. The Morgan fingerprint density at radius 2 is 2.22 bits per heavy atom. The first-order valence-corrected chi connectivity index (χ1v) is 9.93. The molecule has 3 aromatic heterocycles. The molecule has 0 spiro atoms. The van der Waals surface area contributed by atoms with Gasteiger partial charge in [-0.1, -0.05) is 18.3 Å². The predicted molar refractivity (Wildman–Crippen MR) is 103 cm³/mol. The zero-order chi connectivity index (χ0) is 19.0. The Hall–Kier alpha value is -2.62. The van der Waals surface area contributed by atoms with Crippen LogP contribution < -0.4 is 10.2 Å². The van der Waals surface area contributed by atoms with Crippen molar-refractivity contribution < 1.29 is 4.79 Å². The molecular weight excluding hydrogens is 364 g/mol. The molecule has 1 amide bonds. The molecule has 142 valence electrons. The zero-order valence-electron chi connectivity index (χ0n) is 15.6. The summed E-state index contributed by atoms with van der Waals surface area (Å²) in [6, 6.07) is 0. The Morgan fingerprint density at radius 1 is 1.37 bits per heavy atom. The van der Waals surface area contributed by atoms with E-state index in [1.54, 1.807) is 4.52 Å². The first-order chi connectivity index (χ1) is 13.1. The lowest BCUT2D eigenvalue weighted by Crippen LogP contribution is -2.42. The highest BCUT2D eigenvalue weighted by Crippen LogP contribution is 2.29. The molecule has 0 saturated carbocycles. The maximum Gasteiger partial charge on any atom is 0.254 e. The van der Waals surface area contributed by atoms with Crippen LogP contribution in [0.2, 0.25) is 0 Å². The topological polar surface area (TPSA) is 101 Å². The summed E-state index contributed by atoms with van der Waals surface area (Å²) in [5, 5.41) is 16.6. The van der Waals surface area contributed by atoms with Crippen LogP contribution >= 0.6 is 11.3 Å². The van der Waals surface area contributed by atoms with Crippen LogP contribution in [0.5, 0.6) is 0 Å². The Kier molecular flexibility index (Phi) is 4.73. The Morgan fingerprint density at radius 3 is 2.96 bits per heavy atom. The minimum atomic E-state index is -0.111. The summed E-state index contributed by atoms with van der Waals surface area (Å²) in [4.78, 5) is 23.8. The van der Waals surface area contributed by atoms with E-state index in [9.17, 15) is 4.79 Å². The van der Waals surface area contributed by atoms with E-state index in [1.807, 2.05) is 13.8 Å². The lowest BCUT2D eigenvalue weighted by molar-refractivity contribution is -0.120. The van der Waals surface area contributed by atoms with Gasteiger partial charge in [0.25, 0.3) is 5.78 Å². The zero-order valence-corrected chi connectivity index (χ0v) is 16.5. The number of anilines is 2. The van der Waals surface area contributed by atoms with Crippen molar-refractivity contribution >= 4 is 34.0 Å². The SMILES string of the molecule is CCc1c(C)nc2ncnn2c1N1CCCC(C(=O)Nc2nnc(C)s2)C1. The molecule has 1 aliphatic rings. The van der Waals surface area contributed by atoms with Crippen molar-refractivity contribution in [2.45, 2.75) is 40.0 Å². The number of amides is 1. The summed E-state index contributed by atoms with van der Waals surface area (Å²) < 4.78 is 1.79. The van der Waals surface area contributed by atoms with Gasteiger partial charge in [0, 0.05) is 24.3 Å². The summed E-state index contributed by atoms with van der Waals surface area (Å²) in [7, 11) is 0. The first kappa shape index (κ1) is 17.8. The minimum absolute atomic E-state index is 0.00508. The fraction of sp³-hybridized carbons (Fsp3) is 0.529. The van der Waals surface area contributed by atoms with Gasteiger partial charge in [0.15, 0.2) is 0 Å². The third kappa shape index (κ3) is 3.36.